The standard InChI is InChI=1S/C18H32N4O3S2/c1-3-5-6-7-8-9-10-16-20-21-18(26-16)19-17(23)15-11-13-22(14-12-15)27(24,25)4-2/h15H,3-14H2,1-2H3,(H,19,21,23). The zero-order valence-electron chi connectivity index (χ0n) is 16.4. The van der Waals surface area contributed by atoms with Gasteiger partial charge in [-0.05, 0) is 26.2 Å². The molecule has 0 bridgehead atoms. The van der Waals surface area contributed by atoms with Gasteiger partial charge in [0.05, 0.1) is 5.75 Å². The maximum atomic E-state index is 12.4. The van der Waals surface area contributed by atoms with Gasteiger partial charge in [-0.25, -0.2) is 12.7 Å². The number of anilines is 1. The number of hydrogen-bond donors (Lipinski definition) is 1. The second-order valence-corrected chi connectivity index (χ2v) is 10.4. The third-order valence-electron chi connectivity index (χ3n) is 5.02. The summed E-state index contributed by atoms with van der Waals surface area (Å²) in [4.78, 5) is 12.4. The van der Waals surface area contributed by atoms with E-state index in [1.807, 2.05) is 0 Å². The third kappa shape index (κ3) is 7.12. The molecule has 154 valence electrons. The molecule has 1 fully saturated rings. The van der Waals surface area contributed by atoms with Gasteiger partial charge >= 0.3 is 0 Å². The third-order valence-corrected chi connectivity index (χ3v) is 7.80. The highest BCUT2D eigenvalue weighted by Gasteiger charge is 2.30. The average molecular weight is 417 g/mol. The molecule has 0 unspecified atom stereocenters. The van der Waals surface area contributed by atoms with Gasteiger partial charge in [0.25, 0.3) is 0 Å². The van der Waals surface area contributed by atoms with Gasteiger partial charge in [0.1, 0.15) is 5.01 Å². The van der Waals surface area contributed by atoms with Gasteiger partial charge in [-0.3, -0.25) is 4.79 Å². The van der Waals surface area contributed by atoms with Crippen molar-refractivity contribution in [3.8, 4) is 0 Å². The van der Waals surface area contributed by atoms with Gasteiger partial charge in [0.15, 0.2) is 0 Å². The highest BCUT2D eigenvalue weighted by Crippen LogP contribution is 2.23. The van der Waals surface area contributed by atoms with Gasteiger partial charge < -0.3 is 5.32 Å². The molecule has 0 radical (unpaired) electrons. The molecule has 2 heterocycles. The van der Waals surface area contributed by atoms with Crippen LogP contribution in [0, 0.1) is 5.92 Å². The Morgan fingerprint density at radius 2 is 1.78 bits per heavy atom. The Bertz CT molecular complexity index is 683. The average Bonchev–Trinajstić information content (AvgIpc) is 3.12. The Balaban J connectivity index is 1.71. The second-order valence-electron chi connectivity index (χ2n) is 7.08. The Morgan fingerprint density at radius 3 is 2.44 bits per heavy atom. The molecule has 7 nitrogen and oxygen atoms in total. The number of aromatic nitrogens is 2. The number of unbranched alkanes of at least 4 members (excludes halogenated alkanes) is 5. The number of carbonyl (C=O) groups excluding carboxylic acids is 1. The number of nitrogens with zero attached hydrogens (tertiary/aromatic N) is 3. The van der Waals surface area contributed by atoms with Gasteiger partial charge in [-0.15, -0.1) is 10.2 Å². The lowest BCUT2D eigenvalue weighted by Crippen LogP contribution is -2.42. The molecule has 1 saturated heterocycles. The molecule has 1 aliphatic rings. The van der Waals surface area contributed by atoms with Gasteiger partial charge in [-0.2, -0.15) is 0 Å². The number of hydrogen-bond acceptors (Lipinski definition) is 6. The fraction of sp³-hybridized carbons (Fsp3) is 0.833. The first-order chi connectivity index (χ1) is 13.0. The van der Waals surface area contributed by atoms with Crippen LogP contribution in [0.5, 0.6) is 0 Å². The molecule has 0 atom stereocenters. The molecule has 9 heteroatoms. The molecule has 0 spiro atoms. The van der Waals surface area contributed by atoms with E-state index in [4.69, 9.17) is 0 Å². The maximum Gasteiger partial charge on any atom is 0.229 e. The molecule has 1 aliphatic heterocycles. The normalized spacial score (nSPS) is 16.5. The lowest BCUT2D eigenvalue weighted by molar-refractivity contribution is -0.120. The van der Waals surface area contributed by atoms with Crippen LogP contribution in [0.2, 0.25) is 0 Å². The minimum absolute atomic E-state index is 0.0780. The predicted molar refractivity (Wildman–Crippen MR) is 109 cm³/mol. The van der Waals surface area contributed by atoms with Crippen LogP contribution in [0.1, 0.15) is 70.2 Å². The van der Waals surface area contributed by atoms with E-state index in [1.165, 1.54) is 47.7 Å². The first-order valence-corrected chi connectivity index (χ1v) is 12.5. The summed E-state index contributed by atoms with van der Waals surface area (Å²) in [6.45, 7) is 4.68. The van der Waals surface area contributed by atoms with Crippen LogP contribution >= 0.6 is 11.3 Å². The lowest BCUT2D eigenvalue weighted by Gasteiger charge is -2.29. The largest absolute Gasteiger partial charge is 0.300 e. The quantitative estimate of drug-likeness (QED) is 0.558. The van der Waals surface area contributed by atoms with E-state index in [-0.39, 0.29) is 17.6 Å². The van der Waals surface area contributed by atoms with E-state index in [1.54, 1.807) is 6.92 Å². The molecule has 1 aromatic heterocycles. The van der Waals surface area contributed by atoms with Crippen LogP contribution in [0.25, 0.3) is 0 Å². The molecule has 0 saturated carbocycles. The number of sulfonamides is 1. The number of amides is 1. The minimum atomic E-state index is -3.16. The van der Waals surface area contributed by atoms with Crippen molar-refractivity contribution in [1.82, 2.24) is 14.5 Å². The summed E-state index contributed by atoms with van der Waals surface area (Å²) >= 11 is 1.44. The van der Waals surface area contributed by atoms with E-state index in [9.17, 15) is 13.2 Å². The van der Waals surface area contributed by atoms with Crippen molar-refractivity contribution in [2.24, 2.45) is 5.92 Å². The molecule has 0 aliphatic carbocycles. The van der Waals surface area contributed by atoms with Crippen molar-refractivity contribution in [2.45, 2.75) is 71.6 Å². The molecular weight excluding hydrogens is 384 g/mol. The molecule has 1 aromatic rings. The molecule has 0 aromatic carbocycles. The number of nitrogens with one attached hydrogen (secondary N) is 1. The molecule has 1 N–H and O–H groups in total. The van der Waals surface area contributed by atoms with E-state index >= 15 is 0 Å². The van der Waals surface area contributed by atoms with Crippen LogP contribution in [0.3, 0.4) is 0 Å². The molecule has 27 heavy (non-hydrogen) atoms. The summed E-state index contributed by atoms with van der Waals surface area (Å²) in [5.74, 6) is -0.138. The summed E-state index contributed by atoms with van der Waals surface area (Å²) in [5.41, 5.74) is 0. The summed E-state index contributed by atoms with van der Waals surface area (Å²) in [5, 5.41) is 12.6. The van der Waals surface area contributed by atoms with Crippen molar-refractivity contribution >= 4 is 32.4 Å². The number of aryl methyl sites for hydroxylation is 1. The Labute approximate surface area is 167 Å². The van der Waals surface area contributed by atoms with Gasteiger partial charge in [0.2, 0.25) is 21.1 Å². The Kier molecular flexibility index (Phi) is 9.11. The summed E-state index contributed by atoms with van der Waals surface area (Å²) in [6.07, 6.45) is 9.45. The fourth-order valence-electron chi connectivity index (χ4n) is 3.25. The Morgan fingerprint density at radius 1 is 1.11 bits per heavy atom. The number of piperidine rings is 1. The molecule has 1 amide bonds. The highest BCUT2D eigenvalue weighted by atomic mass is 32.2. The van der Waals surface area contributed by atoms with Crippen LogP contribution in [0.15, 0.2) is 0 Å². The van der Waals surface area contributed by atoms with E-state index in [0.29, 0.717) is 31.1 Å². The van der Waals surface area contributed by atoms with Crippen molar-refractivity contribution in [3.05, 3.63) is 5.01 Å². The van der Waals surface area contributed by atoms with Crippen molar-refractivity contribution in [1.29, 1.82) is 0 Å². The SMILES string of the molecule is CCCCCCCCc1nnc(NC(=O)C2CCN(S(=O)(=O)CC)CC2)s1. The topological polar surface area (TPSA) is 92.3 Å². The fourth-order valence-corrected chi connectivity index (χ4v) is 5.16. The van der Waals surface area contributed by atoms with Gasteiger partial charge in [-0.1, -0.05) is 50.4 Å². The first-order valence-electron chi connectivity index (χ1n) is 10.1. The van der Waals surface area contributed by atoms with Crippen LogP contribution in [-0.4, -0.2) is 47.7 Å². The van der Waals surface area contributed by atoms with Crippen molar-refractivity contribution in [2.75, 3.05) is 24.2 Å². The highest BCUT2D eigenvalue weighted by molar-refractivity contribution is 7.89. The summed E-state index contributed by atoms with van der Waals surface area (Å²) in [7, 11) is -3.16. The van der Waals surface area contributed by atoms with Crippen molar-refractivity contribution < 1.29 is 13.2 Å². The smallest absolute Gasteiger partial charge is 0.229 e. The lowest BCUT2D eigenvalue weighted by atomic mass is 9.97. The predicted octanol–water partition coefficient (Wildman–Crippen LogP) is 3.44. The van der Waals surface area contributed by atoms with Crippen molar-refractivity contribution in [3.63, 3.8) is 0 Å². The summed E-state index contributed by atoms with van der Waals surface area (Å²) < 4.78 is 25.3. The van der Waals surface area contributed by atoms with E-state index < -0.39 is 10.0 Å². The Hall–Kier alpha value is -1.06. The number of rotatable bonds is 11. The zero-order chi connectivity index (χ0) is 19.7. The first kappa shape index (κ1) is 22.2. The minimum Gasteiger partial charge on any atom is -0.300 e. The molecule has 2 rings (SSSR count). The molecular formula is C18H32N4O3S2. The number of carbonyl (C=O) groups is 1. The van der Waals surface area contributed by atoms with E-state index in [0.717, 1.165) is 17.8 Å². The van der Waals surface area contributed by atoms with Crippen LogP contribution in [-0.2, 0) is 21.2 Å². The zero-order valence-corrected chi connectivity index (χ0v) is 18.1. The summed E-state index contributed by atoms with van der Waals surface area (Å²) in [6, 6.07) is 0. The van der Waals surface area contributed by atoms with Gasteiger partial charge in [0, 0.05) is 25.4 Å². The van der Waals surface area contributed by atoms with Crippen LogP contribution < -0.4 is 5.32 Å². The maximum absolute atomic E-state index is 12.4. The monoisotopic (exact) mass is 416 g/mol. The second kappa shape index (κ2) is 11.1. The van der Waals surface area contributed by atoms with E-state index in [2.05, 4.69) is 22.4 Å². The van der Waals surface area contributed by atoms with Crippen LogP contribution in [0.4, 0.5) is 5.13 Å².